The minimum atomic E-state index is -7.58. The predicted molar refractivity (Wildman–Crippen MR) is 240 cm³/mol. The van der Waals surface area contributed by atoms with Crippen molar-refractivity contribution in [1.29, 1.82) is 0 Å². The van der Waals surface area contributed by atoms with Gasteiger partial charge in [-0.3, -0.25) is 9.11 Å². The van der Waals surface area contributed by atoms with Crippen molar-refractivity contribution >= 4 is 76.3 Å². The minimum absolute atomic E-state index is 0.0146. The van der Waals surface area contributed by atoms with Gasteiger partial charge in [0.15, 0.2) is 14.7 Å². The molecule has 0 heterocycles. The maximum Gasteiger partial charge on any atom is 0.438 e. The molecule has 0 aromatic heterocycles. The van der Waals surface area contributed by atoms with Crippen LogP contribution in [0.3, 0.4) is 0 Å². The second kappa shape index (κ2) is 21.2. The fourth-order valence-electron chi connectivity index (χ4n) is 4.67. The molecule has 0 bridgehead atoms. The number of hydrogen-bond donors (Lipinski definition) is 2. The molecule has 0 aliphatic carbocycles. The third-order valence-corrected chi connectivity index (χ3v) is 13.6. The van der Waals surface area contributed by atoms with Crippen LogP contribution < -0.4 is 0 Å². The van der Waals surface area contributed by atoms with E-state index in [1.807, 2.05) is 0 Å². The van der Waals surface area contributed by atoms with Gasteiger partial charge in [0, 0.05) is 7.14 Å². The zero-order valence-corrected chi connectivity index (χ0v) is 40.1. The summed E-state index contributed by atoms with van der Waals surface area (Å²) in [4.78, 5) is 4.08. The molecule has 0 spiro atoms. The van der Waals surface area contributed by atoms with Crippen molar-refractivity contribution in [3.63, 3.8) is 0 Å². The molecule has 5 aromatic rings. The normalized spacial score (nSPS) is 12.8. The van der Waals surface area contributed by atoms with Gasteiger partial charge in [0.05, 0.1) is 10.9 Å². The Morgan fingerprint density at radius 2 is 0.623 bits per heavy atom. The van der Waals surface area contributed by atoms with Crippen LogP contribution in [0.15, 0.2) is 154 Å². The van der Waals surface area contributed by atoms with E-state index < -0.39 is 42.6 Å². The van der Waals surface area contributed by atoms with Gasteiger partial charge < -0.3 is 0 Å². The highest BCUT2D eigenvalue weighted by Crippen LogP contribution is 2.55. The summed E-state index contributed by atoms with van der Waals surface area (Å²) in [5.41, 5.74) is 3.37. The van der Waals surface area contributed by atoms with Crippen LogP contribution in [0, 0.1) is 7.14 Å². The summed E-state index contributed by atoms with van der Waals surface area (Å²) in [7, 11) is -14.7. The summed E-state index contributed by atoms with van der Waals surface area (Å²) in [6.45, 7) is 13.4. The number of halogens is 10. The lowest BCUT2D eigenvalue weighted by Crippen LogP contribution is -2.66. The number of hydrogen-bond acceptors (Lipinski definition) is 4. The van der Waals surface area contributed by atoms with Crippen molar-refractivity contribution in [2.75, 3.05) is 0 Å². The standard InChI is InChI=1S/C18H15S.2C10H13I.C4H2F8O6S2/c1-4-10-16(11-5-1)19(17-12-6-2-7-13-17)18-14-8-3-9-15-18;2*1-10(2,3)8-4-6-9(11)7-5-8;5-1(6,3(9,10)19(13,14)15)2(7,8)4(11,12)20(16,17)18/h1-15H;2*4-7H,1-3H3;(H,13,14,15)(H,16,17,18)/q+1;;;. The Morgan fingerprint density at radius 1 is 0.410 bits per heavy atom. The van der Waals surface area contributed by atoms with E-state index >= 15 is 0 Å². The predicted octanol–water partition coefficient (Wildman–Crippen LogP) is 13.2. The molecule has 5 rings (SSSR count). The van der Waals surface area contributed by atoms with Gasteiger partial charge in [0.1, 0.15) is 0 Å². The molecule has 0 radical (unpaired) electrons. The van der Waals surface area contributed by atoms with E-state index in [0.717, 1.165) is 0 Å². The Balaban J connectivity index is 0.000000290. The summed E-state index contributed by atoms with van der Waals surface area (Å²) in [6, 6.07) is 49.6. The molecular formula is C42H43F8I2O6S3+. The molecule has 334 valence electrons. The highest BCUT2D eigenvalue weighted by atomic mass is 127. The molecule has 0 saturated heterocycles. The lowest BCUT2D eigenvalue weighted by Gasteiger charge is -2.33. The average molecular weight is 1150 g/mol. The zero-order chi connectivity index (χ0) is 46.9. The Labute approximate surface area is 381 Å². The molecule has 0 fully saturated rings. The van der Waals surface area contributed by atoms with Crippen molar-refractivity contribution < 1.29 is 61.1 Å². The summed E-state index contributed by atoms with van der Waals surface area (Å²) >= 11 is 4.65. The van der Waals surface area contributed by atoms with Crippen LogP contribution in [0.4, 0.5) is 35.1 Å². The van der Waals surface area contributed by atoms with Gasteiger partial charge in [0.25, 0.3) is 0 Å². The van der Waals surface area contributed by atoms with Crippen molar-refractivity contribution in [2.45, 2.75) is 89.4 Å². The lowest BCUT2D eigenvalue weighted by atomic mass is 9.87. The van der Waals surface area contributed by atoms with Crippen LogP contribution >= 0.6 is 45.2 Å². The molecule has 6 nitrogen and oxygen atoms in total. The summed E-state index contributed by atoms with van der Waals surface area (Å²) < 4.78 is 158. The second-order valence-corrected chi connectivity index (χ2v) is 22.3. The monoisotopic (exact) mass is 1150 g/mol. The van der Waals surface area contributed by atoms with Crippen molar-refractivity contribution in [3.8, 4) is 0 Å². The van der Waals surface area contributed by atoms with E-state index in [-0.39, 0.29) is 21.7 Å². The van der Waals surface area contributed by atoms with Crippen LogP contribution in [0.25, 0.3) is 0 Å². The first-order chi connectivity index (χ1) is 27.7. The molecule has 19 heteroatoms. The molecule has 0 unspecified atom stereocenters. The van der Waals surface area contributed by atoms with Crippen molar-refractivity contribution in [2.24, 2.45) is 0 Å². The number of alkyl halides is 8. The first kappa shape index (κ1) is 54.3. The Morgan fingerprint density at radius 3 is 0.803 bits per heavy atom. The van der Waals surface area contributed by atoms with Crippen LogP contribution in [0.1, 0.15) is 52.7 Å². The van der Waals surface area contributed by atoms with Crippen LogP contribution in [0.5, 0.6) is 0 Å². The quantitative estimate of drug-likeness (QED) is 0.0693. The molecule has 5 aromatic carbocycles. The van der Waals surface area contributed by atoms with Gasteiger partial charge in [0.2, 0.25) is 0 Å². The van der Waals surface area contributed by atoms with Crippen LogP contribution in [0.2, 0.25) is 0 Å². The SMILES string of the molecule is CC(C)(C)c1ccc(I)cc1.CC(C)(C)c1ccc(I)cc1.O=S(=O)(O)C(F)(F)C(F)(F)C(F)(F)C(F)(F)S(=O)(=O)O.c1ccc([S+](c2ccccc2)c2ccccc2)cc1. The number of benzene rings is 5. The molecule has 0 amide bonds. The smallest absolute Gasteiger partial charge is 0.281 e. The molecular weight excluding hydrogens is 1100 g/mol. The van der Waals surface area contributed by atoms with Gasteiger partial charge in [-0.05, 0) is 128 Å². The van der Waals surface area contributed by atoms with Gasteiger partial charge in [-0.1, -0.05) is 120 Å². The van der Waals surface area contributed by atoms with Crippen molar-refractivity contribution in [1.82, 2.24) is 0 Å². The summed E-state index contributed by atoms with van der Waals surface area (Å²) in [6.07, 6.45) is 0. The molecule has 0 aliphatic heterocycles. The summed E-state index contributed by atoms with van der Waals surface area (Å²) in [5.74, 6) is -15.2. The molecule has 0 aliphatic rings. The summed E-state index contributed by atoms with van der Waals surface area (Å²) in [5, 5.41) is -14.3. The topological polar surface area (TPSA) is 109 Å². The van der Waals surface area contributed by atoms with E-state index in [1.54, 1.807) is 0 Å². The van der Waals surface area contributed by atoms with Gasteiger partial charge >= 0.3 is 42.6 Å². The van der Waals surface area contributed by atoms with Crippen molar-refractivity contribution in [3.05, 3.63) is 158 Å². The maximum absolute atomic E-state index is 12.6. The van der Waals surface area contributed by atoms with Gasteiger partial charge in [-0.2, -0.15) is 52.0 Å². The average Bonchev–Trinajstić information content (AvgIpc) is 3.15. The fourth-order valence-corrected chi connectivity index (χ4v) is 8.40. The third-order valence-electron chi connectivity index (χ3n) is 8.13. The molecule has 61 heavy (non-hydrogen) atoms. The highest BCUT2D eigenvalue weighted by molar-refractivity contribution is 14.1. The first-order valence-corrected chi connectivity index (χ1v) is 23.8. The second-order valence-electron chi connectivity index (χ2n) is 14.9. The lowest BCUT2D eigenvalue weighted by molar-refractivity contribution is -0.327. The number of rotatable bonds is 8. The van der Waals surface area contributed by atoms with E-state index in [9.17, 15) is 52.0 Å². The molecule has 0 saturated carbocycles. The molecule has 0 atom stereocenters. The van der Waals surface area contributed by atoms with Crippen LogP contribution in [-0.4, -0.2) is 48.3 Å². The zero-order valence-electron chi connectivity index (χ0n) is 33.3. The Bertz CT molecular complexity index is 2140. The molecule has 2 N–H and O–H groups in total. The minimum Gasteiger partial charge on any atom is -0.281 e. The Kier molecular flexibility index (Phi) is 18.9. The third kappa shape index (κ3) is 14.3. The fraction of sp³-hybridized carbons (Fsp3) is 0.286. The first-order valence-electron chi connectivity index (χ1n) is 17.6. The Hall–Kier alpha value is -2.83. The maximum atomic E-state index is 12.6. The van der Waals surface area contributed by atoms with Gasteiger partial charge in [-0.25, -0.2) is 0 Å². The van der Waals surface area contributed by atoms with E-state index in [0.29, 0.717) is 0 Å². The highest BCUT2D eigenvalue weighted by Gasteiger charge is 2.87. The van der Waals surface area contributed by atoms with E-state index in [2.05, 4.69) is 226 Å². The van der Waals surface area contributed by atoms with E-state index in [1.165, 1.54) is 33.0 Å². The van der Waals surface area contributed by atoms with Crippen LogP contribution in [-0.2, 0) is 42.0 Å². The largest absolute Gasteiger partial charge is 0.438 e. The van der Waals surface area contributed by atoms with E-state index in [4.69, 9.17) is 9.11 Å². The van der Waals surface area contributed by atoms with Gasteiger partial charge in [-0.15, -0.1) is 0 Å².